The van der Waals surface area contributed by atoms with Gasteiger partial charge in [-0.2, -0.15) is 0 Å². The molecule has 0 spiro atoms. The first-order valence-corrected chi connectivity index (χ1v) is 6.09. The molecule has 2 heterocycles. The number of hydrogen-bond acceptors (Lipinski definition) is 4. The van der Waals surface area contributed by atoms with Gasteiger partial charge in [0.25, 0.3) is 0 Å². The van der Waals surface area contributed by atoms with E-state index >= 15 is 0 Å². The molecule has 0 radical (unpaired) electrons. The quantitative estimate of drug-likeness (QED) is 0.741. The molecule has 0 atom stereocenters. The smallest absolute Gasteiger partial charge is 0.129 e. The number of nitrogens with one attached hydrogen (secondary N) is 1. The molecule has 1 N–H and O–H groups in total. The first-order valence-electron chi connectivity index (χ1n) is 4.87. The van der Waals surface area contributed by atoms with Gasteiger partial charge in [0.1, 0.15) is 5.82 Å². The Hall–Kier alpha value is -0.740. The molecule has 3 nitrogen and oxygen atoms in total. The van der Waals surface area contributed by atoms with Gasteiger partial charge in [-0.05, 0) is 18.4 Å². The third-order valence-electron chi connectivity index (χ3n) is 2.36. The predicted octanol–water partition coefficient (Wildman–Crippen LogP) is 1.21. The van der Waals surface area contributed by atoms with E-state index in [4.69, 9.17) is 0 Å². The Balaban J connectivity index is 2.13. The Bertz CT molecular complexity index is 297. The molecule has 1 aromatic heterocycles. The Kier molecular flexibility index (Phi) is 3.26. The number of pyridine rings is 1. The number of rotatable bonds is 2. The van der Waals surface area contributed by atoms with E-state index in [0.29, 0.717) is 0 Å². The fourth-order valence-corrected chi connectivity index (χ4v) is 1.99. The third kappa shape index (κ3) is 2.19. The topological polar surface area (TPSA) is 28.2 Å². The zero-order chi connectivity index (χ0) is 9.80. The van der Waals surface area contributed by atoms with Crippen LogP contribution in [0.2, 0.25) is 0 Å². The highest BCUT2D eigenvalue weighted by Gasteiger charge is 2.11. The maximum atomic E-state index is 4.58. The minimum Gasteiger partial charge on any atom is -0.354 e. The molecule has 76 valence electrons. The Morgan fingerprint density at radius 2 is 2.14 bits per heavy atom. The Morgan fingerprint density at radius 3 is 2.86 bits per heavy atom. The van der Waals surface area contributed by atoms with Crippen LogP contribution in [0.4, 0.5) is 5.82 Å². The number of aromatic nitrogens is 1. The minimum atomic E-state index is 1.06. The summed E-state index contributed by atoms with van der Waals surface area (Å²) in [4.78, 5) is 6.91. The fourth-order valence-electron chi connectivity index (χ4n) is 1.59. The van der Waals surface area contributed by atoms with Crippen molar-refractivity contribution in [3.8, 4) is 0 Å². The first kappa shape index (κ1) is 9.80. The normalized spacial score (nSPS) is 17.1. The van der Waals surface area contributed by atoms with Gasteiger partial charge in [0, 0.05) is 26.2 Å². The molecule has 0 amide bonds. The Labute approximate surface area is 88.9 Å². The molecule has 0 aromatic carbocycles. The molecule has 0 bridgehead atoms. The van der Waals surface area contributed by atoms with Crippen LogP contribution in [0.1, 0.15) is 0 Å². The van der Waals surface area contributed by atoms with E-state index in [1.54, 1.807) is 11.8 Å². The van der Waals surface area contributed by atoms with Crippen molar-refractivity contribution in [2.45, 2.75) is 5.03 Å². The molecule has 1 aliphatic rings. The van der Waals surface area contributed by atoms with Crippen molar-refractivity contribution in [3.63, 3.8) is 0 Å². The van der Waals surface area contributed by atoms with Crippen molar-refractivity contribution < 1.29 is 0 Å². The number of thioether (sulfide) groups is 1. The molecular weight excluding hydrogens is 194 g/mol. The monoisotopic (exact) mass is 209 g/mol. The zero-order valence-electron chi connectivity index (χ0n) is 8.36. The van der Waals surface area contributed by atoms with Crippen molar-refractivity contribution in [3.05, 3.63) is 18.2 Å². The van der Waals surface area contributed by atoms with E-state index in [0.717, 1.165) is 37.0 Å². The summed E-state index contributed by atoms with van der Waals surface area (Å²) in [7, 11) is 0. The van der Waals surface area contributed by atoms with Crippen LogP contribution in [0.25, 0.3) is 0 Å². The van der Waals surface area contributed by atoms with Gasteiger partial charge in [-0.15, -0.1) is 11.8 Å². The molecule has 0 saturated carbocycles. The first-order chi connectivity index (χ1) is 6.90. The molecule has 2 rings (SSSR count). The van der Waals surface area contributed by atoms with Crippen LogP contribution in [0.15, 0.2) is 23.2 Å². The van der Waals surface area contributed by atoms with Gasteiger partial charge >= 0.3 is 0 Å². The second-order valence-corrected chi connectivity index (χ2v) is 4.10. The summed E-state index contributed by atoms with van der Waals surface area (Å²) in [6.07, 6.45) is 2.06. The number of anilines is 1. The highest BCUT2D eigenvalue weighted by atomic mass is 32.2. The molecule has 0 unspecified atom stereocenters. The summed E-state index contributed by atoms with van der Waals surface area (Å²) in [6.45, 7) is 4.24. The van der Waals surface area contributed by atoms with Crippen LogP contribution in [0, 0.1) is 0 Å². The molecule has 1 saturated heterocycles. The molecule has 14 heavy (non-hydrogen) atoms. The fraction of sp³-hybridized carbons (Fsp3) is 0.500. The van der Waals surface area contributed by atoms with Gasteiger partial charge in [0.2, 0.25) is 0 Å². The van der Waals surface area contributed by atoms with E-state index in [1.165, 1.54) is 0 Å². The summed E-state index contributed by atoms with van der Waals surface area (Å²) >= 11 is 1.69. The highest BCUT2D eigenvalue weighted by molar-refractivity contribution is 7.98. The van der Waals surface area contributed by atoms with Crippen molar-refractivity contribution in [1.82, 2.24) is 10.3 Å². The van der Waals surface area contributed by atoms with E-state index in [-0.39, 0.29) is 0 Å². The summed E-state index contributed by atoms with van der Waals surface area (Å²) in [6, 6.07) is 6.22. The van der Waals surface area contributed by atoms with Gasteiger partial charge in [0.05, 0.1) is 5.03 Å². The van der Waals surface area contributed by atoms with Crippen LogP contribution in [-0.4, -0.2) is 37.4 Å². The average Bonchev–Trinajstić information content (AvgIpc) is 2.30. The molecular formula is C10H15N3S. The lowest BCUT2D eigenvalue weighted by Crippen LogP contribution is -2.43. The van der Waals surface area contributed by atoms with E-state index in [2.05, 4.69) is 39.7 Å². The number of piperazine rings is 1. The van der Waals surface area contributed by atoms with E-state index in [9.17, 15) is 0 Å². The van der Waals surface area contributed by atoms with Crippen LogP contribution < -0.4 is 10.2 Å². The van der Waals surface area contributed by atoms with Gasteiger partial charge in [-0.1, -0.05) is 6.07 Å². The van der Waals surface area contributed by atoms with Crippen LogP contribution in [0.3, 0.4) is 0 Å². The van der Waals surface area contributed by atoms with Crippen molar-refractivity contribution in [1.29, 1.82) is 0 Å². The van der Waals surface area contributed by atoms with Crippen LogP contribution in [0.5, 0.6) is 0 Å². The summed E-state index contributed by atoms with van der Waals surface area (Å²) in [5.74, 6) is 1.11. The highest BCUT2D eigenvalue weighted by Crippen LogP contribution is 2.17. The van der Waals surface area contributed by atoms with E-state index < -0.39 is 0 Å². The summed E-state index contributed by atoms with van der Waals surface area (Å²) < 4.78 is 0. The van der Waals surface area contributed by atoms with Crippen LogP contribution in [-0.2, 0) is 0 Å². The lowest BCUT2D eigenvalue weighted by Gasteiger charge is -2.28. The zero-order valence-corrected chi connectivity index (χ0v) is 9.18. The lowest BCUT2D eigenvalue weighted by atomic mass is 10.3. The molecule has 1 fully saturated rings. The Morgan fingerprint density at radius 1 is 1.36 bits per heavy atom. The molecule has 4 heteroatoms. The largest absolute Gasteiger partial charge is 0.354 e. The summed E-state index contributed by atoms with van der Waals surface area (Å²) in [5, 5.41) is 4.44. The molecule has 1 aliphatic heterocycles. The molecule has 1 aromatic rings. The van der Waals surface area contributed by atoms with Crippen LogP contribution >= 0.6 is 11.8 Å². The second kappa shape index (κ2) is 4.66. The van der Waals surface area contributed by atoms with E-state index in [1.807, 2.05) is 0 Å². The maximum absolute atomic E-state index is 4.58. The standard InChI is InChI=1S/C10H15N3S/c1-14-10-4-2-3-9(12-10)13-7-5-11-6-8-13/h2-4,11H,5-8H2,1H3. The predicted molar refractivity (Wildman–Crippen MR) is 61.1 cm³/mol. The second-order valence-electron chi connectivity index (χ2n) is 3.28. The number of hydrogen-bond donors (Lipinski definition) is 1. The summed E-state index contributed by atoms with van der Waals surface area (Å²) in [5.41, 5.74) is 0. The van der Waals surface area contributed by atoms with Gasteiger partial charge in [-0.3, -0.25) is 0 Å². The third-order valence-corrected chi connectivity index (χ3v) is 3.00. The maximum Gasteiger partial charge on any atom is 0.129 e. The lowest BCUT2D eigenvalue weighted by molar-refractivity contribution is 0.584. The SMILES string of the molecule is CSc1cccc(N2CCNCC2)n1. The average molecular weight is 209 g/mol. The van der Waals surface area contributed by atoms with Gasteiger partial charge in [0.15, 0.2) is 0 Å². The molecule has 0 aliphatic carbocycles. The van der Waals surface area contributed by atoms with Gasteiger partial charge < -0.3 is 10.2 Å². The van der Waals surface area contributed by atoms with Crippen molar-refractivity contribution in [2.24, 2.45) is 0 Å². The minimum absolute atomic E-state index is 1.06. The van der Waals surface area contributed by atoms with Crippen molar-refractivity contribution >= 4 is 17.6 Å². The van der Waals surface area contributed by atoms with Gasteiger partial charge in [-0.25, -0.2) is 4.98 Å². The number of nitrogens with zero attached hydrogens (tertiary/aromatic N) is 2. The van der Waals surface area contributed by atoms with Crippen molar-refractivity contribution in [2.75, 3.05) is 37.3 Å².